The molecule has 25 heavy (non-hydrogen) atoms. The van der Waals surface area contributed by atoms with E-state index in [0.29, 0.717) is 10.8 Å². The molecular formula is C19H16ClN3OS. The van der Waals surface area contributed by atoms with E-state index in [-0.39, 0.29) is 0 Å². The highest BCUT2D eigenvalue weighted by atomic mass is 35.5. The lowest BCUT2D eigenvalue weighted by Crippen LogP contribution is -2.01. The molecule has 0 spiro atoms. The quantitative estimate of drug-likeness (QED) is 0.531. The fourth-order valence-electron chi connectivity index (χ4n) is 2.90. The number of aromatic nitrogens is 3. The Balaban J connectivity index is 1.66. The van der Waals surface area contributed by atoms with Crippen molar-refractivity contribution in [3.63, 3.8) is 0 Å². The summed E-state index contributed by atoms with van der Waals surface area (Å²) in [6.45, 7) is 2.08. The van der Waals surface area contributed by atoms with Gasteiger partial charge in [-0.05, 0) is 42.3 Å². The number of hydrogen-bond acceptors (Lipinski definition) is 4. The highest BCUT2D eigenvalue weighted by Gasteiger charge is 2.14. The van der Waals surface area contributed by atoms with Crippen LogP contribution in [-0.4, -0.2) is 25.5 Å². The van der Waals surface area contributed by atoms with E-state index in [1.165, 1.54) is 22.7 Å². The third-order valence-electron chi connectivity index (χ3n) is 4.20. The molecule has 1 unspecified atom stereocenters. The highest BCUT2D eigenvalue weighted by Crippen LogP contribution is 2.28. The first-order valence-corrected chi connectivity index (χ1v) is 9.29. The van der Waals surface area contributed by atoms with E-state index in [1.807, 2.05) is 34.7 Å². The van der Waals surface area contributed by atoms with Gasteiger partial charge in [-0.2, -0.15) is 0 Å². The number of rotatable bonds is 4. The molecule has 4 nitrogen and oxygen atoms in total. The Morgan fingerprint density at radius 2 is 1.88 bits per heavy atom. The minimum Gasteiger partial charge on any atom is -0.388 e. The van der Waals surface area contributed by atoms with Crippen molar-refractivity contribution in [1.29, 1.82) is 0 Å². The van der Waals surface area contributed by atoms with Crippen LogP contribution in [0.1, 0.15) is 17.2 Å². The molecule has 126 valence electrons. The molecule has 0 fully saturated rings. The predicted octanol–water partition coefficient (Wildman–Crippen LogP) is 4.67. The van der Waals surface area contributed by atoms with Gasteiger partial charge >= 0.3 is 0 Å². The van der Waals surface area contributed by atoms with Crippen molar-refractivity contribution in [2.24, 2.45) is 0 Å². The fourth-order valence-corrected chi connectivity index (χ4v) is 3.95. The summed E-state index contributed by atoms with van der Waals surface area (Å²) in [6, 6.07) is 17.5. The van der Waals surface area contributed by atoms with E-state index in [9.17, 15) is 5.11 Å². The molecule has 0 aliphatic heterocycles. The number of thioether (sulfide) groups is 1. The van der Waals surface area contributed by atoms with Crippen molar-refractivity contribution >= 4 is 39.9 Å². The Labute approximate surface area is 154 Å². The molecule has 4 aromatic rings. The van der Waals surface area contributed by atoms with Gasteiger partial charge in [0.1, 0.15) is 0 Å². The number of aliphatic hydroxyl groups excluding tert-OH is 1. The molecule has 4 rings (SSSR count). The summed E-state index contributed by atoms with van der Waals surface area (Å²) < 4.78 is 2.04. The molecule has 0 aliphatic carbocycles. The number of para-hydroxylation sites is 1. The van der Waals surface area contributed by atoms with Gasteiger partial charge in [0.15, 0.2) is 10.8 Å². The van der Waals surface area contributed by atoms with Crippen LogP contribution in [0.25, 0.3) is 16.6 Å². The smallest absolute Gasteiger partial charge is 0.196 e. The number of fused-ring (bicyclic) bond motifs is 3. The molecule has 0 saturated heterocycles. The minimum absolute atomic E-state index is 0.491. The van der Waals surface area contributed by atoms with E-state index < -0.39 is 6.10 Å². The normalized spacial score (nSPS) is 12.8. The van der Waals surface area contributed by atoms with Gasteiger partial charge < -0.3 is 5.11 Å². The topological polar surface area (TPSA) is 50.4 Å². The lowest BCUT2D eigenvalue weighted by atomic mass is 10.1. The molecule has 6 heteroatoms. The lowest BCUT2D eigenvalue weighted by molar-refractivity contribution is 0.204. The van der Waals surface area contributed by atoms with Crippen LogP contribution in [0, 0.1) is 6.92 Å². The van der Waals surface area contributed by atoms with Crippen LogP contribution in [0.3, 0.4) is 0 Å². The van der Waals surface area contributed by atoms with Crippen molar-refractivity contribution in [2.45, 2.75) is 18.2 Å². The summed E-state index contributed by atoms with van der Waals surface area (Å²) in [5, 5.41) is 21.6. The van der Waals surface area contributed by atoms with Gasteiger partial charge in [-0.3, -0.25) is 4.40 Å². The van der Waals surface area contributed by atoms with Gasteiger partial charge in [-0.1, -0.05) is 53.7 Å². The minimum atomic E-state index is -0.591. The summed E-state index contributed by atoms with van der Waals surface area (Å²) in [7, 11) is 0. The predicted molar refractivity (Wildman–Crippen MR) is 102 cm³/mol. The number of hydrogen-bond donors (Lipinski definition) is 1. The lowest BCUT2D eigenvalue weighted by Gasteiger charge is -2.11. The number of benzene rings is 2. The molecule has 1 atom stereocenters. The average molecular weight is 370 g/mol. The molecular weight excluding hydrogens is 354 g/mol. The Morgan fingerprint density at radius 3 is 2.68 bits per heavy atom. The fraction of sp³-hybridized carbons (Fsp3) is 0.158. The standard InChI is InChI=1S/C19H16ClN3OS/c1-12-10-18-21-22-19(23(18)16-5-3-2-4-15(12)16)25-11-17(24)13-6-8-14(20)9-7-13/h2-10,17,24H,11H2,1H3. The van der Waals surface area contributed by atoms with Gasteiger partial charge in [0.2, 0.25) is 0 Å². The Morgan fingerprint density at radius 1 is 1.12 bits per heavy atom. The van der Waals surface area contributed by atoms with E-state index in [0.717, 1.165) is 21.9 Å². The largest absolute Gasteiger partial charge is 0.388 e. The second-order valence-corrected chi connectivity index (χ2v) is 7.32. The number of aryl methyl sites for hydroxylation is 1. The van der Waals surface area contributed by atoms with Crippen LogP contribution < -0.4 is 0 Å². The van der Waals surface area contributed by atoms with Gasteiger partial charge in [-0.25, -0.2) is 0 Å². The van der Waals surface area contributed by atoms with Crippen molar-refractivity contribution in [2.75, 3.05) is 5.75 Å². The Kier molecular flexibility index (Phi) is 4.37. The summed E-state index contributed by atoms with van der Waals surface area (Å²) in [5.74, 6) is 0.491. The summed E-state index contributed by atoms with van der Waals surface area (Å²) >= 11 is 7.39. The molecule has 1 N–H and O–H groups in total. The first kappa shape index (κ1) is 16.4. The van der Waals surface area contributed by atoms with E-state index >= 15 is 0 Å². The maximum atomic E-state index is 10.4. The second-order valence-electron chi connectivity index (χ2n) is 5.90. The van der Waals surface area contributed by atoms with Crippen molar-refractivity contribution in [3.8, 4) is 0 Å². The molecule has 0 bridgehead atoms. The zero-order valence-corrected chi connectivity index (χ0v) is 15.1. The first-order chi connectivity index (χ1) is 12.1. The van der Waals surface area contributed by atoms with Crippen molar-refractivity contribution in [1.82, 2.24) is 14.6 Å². The van der Waals surface area contributed by atoms with E-state index in [2.05, 4.69) is 29.3 Å². The average Bonchev–Trinajstić information content (AvgIpc) is 3.03. The Hall–Kier alpha value is -2.08. The van der Waals surface area contributed by atoms with Crippen LogP contribution in [0.4, 0.5) is 0 Å². The van der Waals surface area contributed by atoms with Crippen LogP contribution in [0.5, 0.6) is 0 Å². The molecule has 2 heterocycles. The summed E-state index contributed by atoms with van der Waals surface area (Å²) in [4.78, 5) is 0. The van der Waals surface area contributed by atoms with Gasteiger partial charge in [0.25, 0.3) is 0 Å². The first-order valence-electron chi connectivity index (χ1n) is 7.93. The maximum Gasteiger partial charge on any atom is 0.196 e. The SMILES string of the molecule is Cc1cc2nnc(SCC(O)c3ccc(Cl)cc3)n2c2ccccc12. The van der Waals surface area contributed by atoms with Gasteiger partial charge in [0, 0.05) is 16.2 Å². The number of halogens is 1. The third kappa shape index (κ3) is 3.11. The zero-order chi connectivity index (χ0) is 17.4. The monoisotopic (exact) mass is 369 g/mol. The Bertz CT molecular complexity index is 1050. The molecule has 2 aromatic carbocycles. The number of pyridine rings is 1. The van der Waals surface area contributed by atoms with Crippen LogP contribution in [0.15, 0.2) is 59.8 Å². The highest BCUT2D eigenvalue weighted by molar-refractivity contribution is 7.99. The summed E-state index contributed by atoms with van der Waals surface area (Å²) in [5.41, 5.74) is 3.91. The maximum absolute atomic E-state index is 10.4. The third-order valence-corrected chi connectivity index (χ3v) is 5.46. The number of aliphatic hydroxyl groups is 1. The van der Waals surface area contributed by atoms with E-state index in [4.69, 9.17) is 11.6 Å². The van der Waals surface area contributed by atoms with Gasteiger partial charge in [-0.15, -0.1) is 10.2 Å². The summed E-state index contributed by atoms with van der Waals surface area (Å²) in [6.07, 6.45) is -0.591. The molecule has 0 radical (unpaired) electrons. The second kappa shape index (κ2) is 6.67. The number of nitrogens with zero attached hydrogens (tertiary/aromatic N) is 3. The van der Waals surface area contributed by atoms with Gasteiger partial charge in [0.05, 0.1) is 11.6 Å². The van der Waals surface area contributed by atoms with E-state index in [1.54, 1.807) is 12.1 Å². The van der Waals surface area contributed by atoms with Crippen molar-refractivity contribution < 1.29 is 5.11 Å². The molecule has 0 amide bonds. The molecule has 0 saturated carbocycles. The molecule has 0 aliphatic rings. The van der Waals surface area contributed by atoms with Crippen LogP contribution >= 0.6 is 23.4 Å². The van der Waals surface area contributed by atoms with Crippen LogP contribution in [-0.2, 0) is 0 Å². The zero-order valence-electron chi connectivity index (χ0n) is 13.6. The molecule has 2 aromatic heterocycles. The van der Waals surface area contributed by atoms with Crippen molar-refractivity contribution in [3.05, 3.63) is 70.7 Å². The van der Waals surface area contributed by atoms with Crippen LogP contribution in [0.2, 0.25) is 5.02 Å².